The Labute approximate surface area is 97.3 Å². The van der Waals surface area contributed by atoms with Crippen LogP contribution in [-0.2, 0) is 15.6 Å². The van der Waals surface area contributed by atoms with Gasteiger partial charge >= 0.3 is 5.97 Å². The van der Waals surface area contributed by atoms with Crippen molar-refractivity contribution < 1.29 is 14.1 Å². The van der Waals surface area contributed by atoms with Crippen LogP contribution in [0.3, 0.4) is 0 Å². The molecular formula is C12H14O3S. The van der Waals surface area contributed by atoms with E-state index in [0.29, 0.717) is 10.8 Å². The van der Waals surface area contributed by atoms with Gasteiger partial charge in [-0.25, -0.2) is 9.00 Å². The van der Waals surface area contributed by atoms with E-state index in [1.807, 2.05) is 12.1 Å². The van der Waals surface area contributed by atoms with Gasteiger partial charge in [0.1, 0.15) is 0 Å². The molecule has 0 saturated heterocycles. The summed E-state index contributed by atoms with van der Waals surface area (Å²) in [6.45, 7) is 4.16. The van der Waals surface area contributed by atoms with Crippen molar-refractivity contribution in [3.63, 3.8) is 0 Å². The molecule has 0 bridgehead atoms. The first-order valence-corrected chi connectivity index (χ1v) is 6.13. The normalized spacial score (nSPS) is 13.2. The lowest BCUT2D eigenvalue weighted by Crippen LogP contribution is -1.92. The Morgan fingerprint density at radius 1 is 1.31 bits per heavy atom. The summed E-state index contributed by atoms with van der Waals surface area (Å²) < 4.78 is 11.6. The molecule has 0 saturated carbocycles. The van der Waals surface area contributed by atoms with Crippen LogP contribution >= 0.6 is 0 Å². The van der Waals surface area contributed by atoms with Crippen molar-refractivity contribution in [2.24, 2.45) is 0 Å². The Bertz CT molecular complexity index is 418. The van der Waals surface area contributed by atoms with Gasteiger partial charge in [-0.05, 0) is 23.6 Å². The van der Waals surface area contributed by atoms with Crippen LogP contribution < -0.4 is 0 Å². The Balaban J connectivity index is 2.82. The topological polar surface area (TPSA) is 54.4 Å². The second-order valence-electron chi connectivity index (χ2n) is 3.66. The smallest absolute Gasteiger partial charge is 0.328 e. The first kappa shape index (κ1) is 12.6. The minimum atomic E-state index is -1.39. The molecule has 1 rings (SSSR count). The van der Waals surface area contributed by atoms with Gasteiger partial charge in [0, 0.05) is 16.4 Å². The summed E-state index contributed by atoms with van der Waals surface area (Å²) in [7, 11) is -1.39. The predicted molar refractivity (Wildman–Crippen MR) is 63.7 cm³/mol. The summed E-state index contributed by atoms with van der Waals surface area (Å²) in [5.41, 5.74) is 1.17. The number of hydrogen-bond donors (Lipinski definition) is 1. The molecule has 0 amide bonds. The Morgan fingerprint density at radius 3 is 2.31 bits per heavy atom. The van der Waals surface area contributed by atoms with Gasteiger partial charge in [-0.15, -0.1) is 0 Å². The van der Waals surface area contributed by atoms with Gasteiger partial charge in [-0.3, -0.25) is 0 Å². The quantitative estimate of drug-likeness (QED) is 0.820. The maximum Gasteiger partial charge on any atom is 0.328 e. The second-order valence-corrected chi connectivity index (χ2v) is 5.00. The van der Waals surface area contributed by atoms with E-state index in [0.717, 1.165) is 6.08 Å². The van der Waals surface area contributed by atoms with Gasteiger partial charge in [0.25, 0.3) is 0 Å². The molecule has 3 nitrogen and oxygen atoms in total. The minimum absolute atomic E-state index is 0.428. The first-order chi connectivity index (χ1) is 7.50. The standard InChI is InChI=1S/C12H14O3S/c1-9(2)10-3-5-11(6-4-10)16(15)8-7-12(13)14/h3-9H,1-2H3,(H,13,14)/b8-7+. The van der Waals surface area contributed by atoms with Gasteiger partial charge in [0.05, 0.1) is 10.8 Å². The van der Waals surface area contributed by atoms with Crippen molar-refractivity contribution in [1.29, 1.82) is 0 Å². The van der Waals surface area contributed by atoms with E-state index in [4.69, 9.17) is 5.11 Å². The van der Waals surface area contributed by atoms with Crippen LogP contribution in [0.15, 0.2) is 40.6 Å². The van der Waals surface area contributed by atoms with Gasteiger partial charge in [-0.2, -0.15) is 0 Å². The molecule has 0 radical (unpaired) electrons. The highest BCUT2D eigenvalue weighted by Gasteiger charge is 2.02. The highest BCUT2D eigenvalue weighted by atomic mass is 32.2. The first-order valence-electron chi connectivity index (χ1n) is 4.92. The molecule has 1 aromatic rings. The molecule has 1 aromatic carbocycles. The summed E-state index contributed by atoms with van der Waals surface area (Å²) in [5, 5.41) is 9.58. The summed E-state index contributed by atoms with van der Waals surface area (Å²) in [5.74, 6) is -0.663. The van der Waals surface area contributed by atoms with E-state index in [9.17, 15) is 9.00 Å². The molecule has 1 N–H and O–H groups in total. The molecule has 4 heteroatoms. The van der Waals surface area contributed by atoms with Crippen molar-refractivity contribution in [3.8, 4) is 0 Å². The zero-order valence-corrected chi connectivity index (χ0v) is 10.0. The third kappa shape index (κ3) is 3.62. The van der Waals surface area contributed by atoms with E-state index < -0.39 is 16.8 Å². The molecule has 1 unspecified atom stereocenters. The number of aliphatic carboxylic acids is 1. The molecule has 16 heavy (non-hydrogen) atoms. The fourth-order valence-electron chi connectivity index (χ4n) is 1.19. The van der Waals surface area contributed by atoms with Crippen LogP contribution in [0.25, 0.3) is 0 Å². The number of hydrogen-bond acceptors (Lipinski definition) is 2. The average molecular weight is 238 g/mol. The Kier molecular flexibility index (Phi) is 4.43. The molecule has 0 fully saturated rings. The molecule has 0 aromatic heterocycles. The maximum atomic E-state index is 11.6. The zero-order chi connectivity index (χ0) is 12.1. The lowest BCUT2D eigenvalue weighted by Gasteiger charge is -2.05. The number of carboxylic acid groups (broad SMARTS) is 1. The monoisotopic (exact) mass is 238 g/mol. The number of rotatable bonds is 4. The number of carbonyl (C=O) groups is 1. The van der Waals surface area contributed by atoms with E-state index in [1.54, 1.807) is 12.1 Å². The molecule has 1 atom stereocenters. The highest BCUT2D eigenvalue weighted by Crippen LogP contribution is 2.16. The molecule has 86 valence electrons. The van der Waals surface area contributed by atoms with E-state index in [-0.39, 0.29) is 0 Å². The van der Waals surface area contributed by atoms with Crippen LogP contribution in [0.1, 0.15) is 25.3 Å². The largest absolute Gasteiger partial charge is 0.478 e. The molecule has 0 spiro atoms. The highest BCUT2D eigenvalue weighted by molar-refractivity contribution is 7.88. The molecule has 0 aliphatic carbocycles. The van der Waals surface area contributed by atoms with Gasteiger partial charge in [0.15, 0.2) is 0 Å². The van der Waals surface area contributed by atoms with Crippen molar-refractivity contribution in [3.05, 3.63) is 41.3 Å². The van der Waals surface area contributed by atoms with Gasteiger partial charge < -0.3 is 5.11 Å². The Morgan fingerprint density at radius 2 is 1.88 bits per heavy atom. The lowest BCUT2D eigenvalue weighted by atomic mass is 10.0. The SMILES string of the molecule is CC(C)c1ccc(S(=O)/C=C/C(=O)O)cc1. The maximum absolute atomic E-state index is 11.6. The predicted octanol–water partition coefficient (Wildman–Crippen LogP) is 2.52. The molecule has 0 heterocycles. The fourth-order valence-corrected chi connectivity index (χ4v) is 1.99. The van der Waals surface area contributed by atoms with E-state index in [2.05, 4.69) is 13.8 Å². The van der Waals surface area contributed by atoms with Gasteiger partial charge in [-0.1, -0.05) is 26.0 Å². The van der Waals surface area contributed by atoms with E-state index in [1.165, 1.54) is 11.0 Å². The van der Waals surface area contributed by atoms with Crippen LogP contribution in [0.2, 0.25) is 0 Å². The van der Waals surface area contributed by atoms with Crippen LogP contribution in [0.4, 0.5) is 0 Å². The minimum Gasteiger partial charge on any atom is -0.478 e. The van der Waals surface area contributed by atoms with Gasteiger partial charge in [0.2, 0.25) is 0 Å². The fraction of sp³-hybridized carbons (Fsp3) is 0.250. The van der Waals surface area contributed by atoms with E-state index >= 15 is 0 Å². The Hall–Kier alpha value is -1.42. The summed E-state index contributed by atoms with van der Waals surface area (Å²) >= 11 is 0. The average Bonchev–Trinajstić information content (AvgIpc) is 2.26. The lowest BCUT2D eigenvalue weighted by molar-refractivity contribution is -0.131. The summed E-state index contributed by atoms with van der Waals surface area (Å²) in [6, 6.07) is 7.34. The van der Waals surface area contributed by atoms with Crippen molar-refractivity contribution in [2.75, 3.05) is 0 Å². The van der Waals surface area contributed by atoms with Crippen LogP contribution in [-0.4, -0.2) is 15.3 Å². The third-order valence-electron chi connectivity index (χ3n) is 2.11. The van der Waals surface area contributed by atoms with Crippen molar-refractivity contribution in [2.45, 2.75) is 24.7 Å². The molecular weight excluding hydrogens is 224 g/mol. The van der Waals surface area contributed by atoms with Crippen molar-refractivity contribution in [1.82, 2.24) is 0 Å². The van der Waals surface area contributed by atoms with Crippen molar-refractivity contribution >= 4 is 16.8 Å². The van der Waals surface area contributed by atoms with Crippen LogP contribution in [0, 0.1) is 0 Å². The summed E-state index contributed by atoms with van der Waals surface area (Å²) in [6.07, 6.45) is 0.895. The molecule has 0 aliphatic heterocycles. The van der Waals surface area contributed by atoms with Crippen LogP contribution in [0.5, 0.6) is 0 Å². The molecule has 0 aliphatic rings. The summed E-state index contributed by atoms with van der Waals surface area (Å²) in [4.78, 5) is 10.9. The zero-order valence-electron chi connectivity index (χ0n) is 9.21. The second kappa shape index (κ2) is 5.61. The third-order valence-corrected chi connectivity index (χ3v) is 3.23. The number of benzene rings is 1. The number of carboxylic acids is 1.